The molecule has 0 spiro atoms. The summed E-state index contributed by atoms with van der Waals surface area (Å²) in [6.07, 6.45) is 1.33. The molecule has 1 heterocycles. The molecule has 0 atom stereocenters. The number of hydrogen-bond acceptors (Lipinski definition) is 6. The highest BCUT2D eigenvalue weighted by molar-refractivity contribution is 5.74. The van der Waals surface area contributed by atoms with Gasteiger partial charge in [-0.2, -0.15) is 0 Å². The summed E-state index contributed by atoms with van der Waals surface area (Å²) in [7, 11) is 0. The van der Waals surface area contributed by atoms with Crippen LogP contribution in [0.1, 0.15) is 28.3 Å². The van der Waals surface area contributed by atoms with Gasteiger partial charge in [0, 0.05) is 5.69 Å². The van der Waals surface area contributed by atoms with Crippen LogP contribution in [0.15, 0.2) is 85.2 Å². The van der Waals surface area contributed by atoms with Crippen molar-refractivity contribution in [3.05, 3.63) is 118 Å². The second-order valence-corrected chi connectivity index (χ2v) is 7.50. The smallest absolute Gasteiger partial charge is 0.353 e. The van der Waals surface area contributed by atoms with Crippen LogP contribution >= 0.6 is 0 Å². The molecule has 0 saturated heterocycles. The van der Waals surface area contributed by atoms with E-state index in [2.05, 4.69) is 20.6 Å². The first-order valence-electron chi connectivity index (χ1n) is 10.2. The minimum absolute atomic E-state index is 0.135. The lowest BCUT2D eigenvalue weighted by atomic mass is 9.99. The minimum atomic E-state index is -0.460. The monoisotopic (exact) mass is 425 g/mol. The molecule has 0 saturated carbocycles. The molecule has 0 amide bonds. The van der Waals surface area contributed by atoms with E-state index in [4.69, 9.17) is 0 Å². The maximum absolute atomic E-state index is 12.1. The molecule has 2 N–H and O–H groups in total. The van der Waals surface area contributed by atoms with Gasteiger partial charge in [-0.3, -0.25) is 10.1 Å². The first kappa shape index (κ1) is 21.0. The first-order chi connectivity index (χ1) is 15.5. The van der Waals surface area contributed by atoms with Gasteiger partial charge in [0.05, 0.1) is 11.0 Å². The Labute approximate surface area is 186 Å². The molecule has 1 aromatic heterocycles. The normalized spacial score (nSPS) is 10.7. The van der Waals surface area contributed by atoms with Crippen molar-refractivity contribution in [3.8, 4) is 0 Å². The molecule has 0 radical (unpaired) electrons. The fourth-order valence-electron chi connectivity index (χ4n) is 3.49. The maximum Gasteiger partial charge on any atom is 0.353 e. The van der Waals surface area contributed by atoms with Crippen molar-refractivity contribution in [1.82, 2.24) is 9.97 Å². The second kappa shape index (κ2) is 9.26. The predicted octanol–water partition coefficient (Wildman–Crippen LogP) is 5.95. The molecule has 4 aromatic rings. The van der Waals surface area contributed by atoms with Crippen LogP contribution in [-0.4, -0.2) is 14.9 Å². The summed E-state index contributed by atoms with van der Waals surface area (Å²) in [5, 5.41) is 18.4. The number of nitro groups is 1. The molecule has 160 valence electrons. The second-order valence-electron chi connectivity index (χ2n) is 7.50. The van der Waals surface area contributed by atoms with Crippen molar-refractivity contribution in [2.45, 2.75) is 19.9 Å². The molecule has 0 aliphatic carbocycles. The summed E-state index contributed by atoms with van der Waals surface area (Å²) < 4.78 is 0. The van der Waals surface area contributed by atoms with Crippen LogP contribution in [0.3, 0.4) is 0 Å². The van der Waals surface area contributed by atoms with Gasteiger partial charge in [-0.05, 0) is 48.2 Å². The third-order valence-electron chi connectivity index (χ3n) is 5.32. The summed E-state index contributed by atoms with van der Waals surface area (Å²) in [5.41, 5.74) is 4.68. The van der Waals surface area contributed by atoms with Crippen LogP contribution in [0.4, 0.5) is 23.0 Å². The molecular formula is C25H23N5O2. The highest BCUT2D eigenvalue weighted by Crippen LogP contribution is 2.35. The Hall–Kier alpha value is -4.26. The number of rotatable bonds is 7. The Morgan fingerprint density at radius 3 is 1.97 bits per heavy atom. The zero-order chi connectivity index (χ0) is 22.5. The molecule has 0 bridgehead atoms. The standard InChI is InChI=1S/C25H23N5O2/c1-17-13-14-21(15-18(17)2)28-24-23(30(31)32)25(27-16-26-24)29-22(19-9-5-3-6-10-19)20-11-7-4-8-12-20/h3-16,22H,1-2H3,(H2,26,27,28,29). The zero-order valence-electron chi connectivity index (χ0n) is 17.8. The highest BCUT2D eigenvalue weighted by Gasteiger charge is 2.26. The van der Waals surface area contributed by atoms with Crippen LogP contribution in [0.5, 0.6) is 0 Å². The van der Waals surface area contributed by atoms with Crippen LogP contribution < -0.4 is 10.6 Å². The van der Waals surface area contributed by atoms with Gasteiger partial charge < -0.3 is 10.6 Å². The largest absolute Gasteiger partial charge is 0.353 e. The fourth-order valence-corrected chi connectivity index (χ4v) is 3.49. The van der Waals surface area contributed by atoms with E-state index < -0.39 is 4.92 Å². The maximum atomic E-state index is 12.1. The number of aromatic nitrogens is 2. The fraction of sp³-hybridized carbons (Fsp3) is 0.120. The van der Waals surface area contributed by atoms with Crippen LogP contribution in [0, 0.1) is 24.0 Å². The van der Waals surface area contributed by atoms with E-state index in [-0.39, 0.29) is 23.4 Å². The third kappa shape index (κ3) is 4.57. The summed E-state index contributed by atoms with van der Waals surface area (Å²) in [6.45, 7) is 4.01. The molecule has 3 aromatic carbocycles. The van der Waals surface area contributed by atoms with Crippen molar-refractivity contribution in [1.29, 1.82) is 0 Å². The van der Waals surface area contributed by atoms with Crippen LogP contribution in [0.25, 0.3) is 0 Å². The van der Waals surface area contributed by atoms with E-state index in [1.54, 1.807) is 0 Å². The summed E-state index contributed by atoms with van der Waals surface area (Å²) in [6, 6.07) is 25.0. The summed E-state index contributed by atoms with van der Waals surface area (Å²) >= 11 is 0. The summed E-state index contributed by atoms with van der Waals surface area (Å²) in [4.78, 5) is 20.0. The van der Waals surface area contributed by atoms with E-state index >= 15 is 0 Å². The number of nitrogens with one attached hydrogen (secondary N) is 2. The average Bonchev–Trinajstić information content (AvgIpc) is 2.81. The molecule has 0 unspecified atom stereocenters. The first-order valence-corrected chi connectivity index (χ1v) is 10.2. The molecular weight excluding hydrogens is 402 g/mol. The SMILES string of the molecule is Cc1ccc(Nc2ncnc(NC(c3ccccc3)c3ccccc3)c2[N+](=O)[O-])cc1C. The van der Waals surface area contributed by atoms with Crippen LogP contribution in [-0.2, 0) is 0 Å². The van der Waals surface area contributed by atoms with E-state index in [1.807, 2.05) is 92.7 Å². The number of anilines is 3. The van der Waals surface area contributed by atoms with E-state index in [1.165, 1.54) is 6.33 Å². The number of benzene rings is 3. The highest BCUT2D eigenvalue weighted by atomic mass is 16.6. The molecule has 0 fully saturated rings. The minimum Gasteiger partial charge on any atom is -0.353 e. The Balaban J connectivity index is 1.74. The van der Waals surface area contributed by atoms with Gasteiger partial charge in [0.15, 0.2) is 0 Å². The quantitative estimate of drug-likeness (QED) is 0.281. The van der Waals surface area contributed by atoms with Gasteiger partial charge in [-0.1, -0.05) is 66.7 Å². The molecule has 32 heavy (non-hydrogen) atoms. The third-order valence-corrected chi connectivity index (χ3v) is 5.32. The Kier molecular flexibility index (Phi) is 6.07. The van der Waals surface area contributed by atoms with E-state index in [0.29, 0.717) is 0 Å². The van der Waals surface area contributed by atoms with Crippen LogP contribution in [0.2, 0.25) is 0 Å². The van der Waals surface area contributed by atoms with Gasteiger partial charge in [0.1, 0.15) is 6.33 Å². The molecule has 0 aliphatic heterocycles. The Morgan fingerprint density at radius 2 is 1.41 bits per heavy atom. The topological polar surface area (TPSA) is 93.0 Å². The van der Waals surface area contributed by atoms with Crippen molar-refractivity contribution in [3.63, 3.8) is 0 Å². The number of aryl methyl sites for hydroxylation is 2. The Morgan fingerprint density at radius 1 is 0.812 bits per heavy atom. The number of nitrogens with zero attached hydrogens (tertiary/aromatic N) is 3. The summed E-state index contributed by atoms with van der Waals surface area (Å²) in [5.74, 6) is 0.282. The van der Waals surface area contributed by atoms with Gasteiger partial charge in [0.2, 0.25) is 11.6 Å². The number of hydrogen-bond donors (Lipinski definition) is 2. The van der Waals surface area contributed by atoms with Gasteiger partial charge in [-0.25, -0.2) is 9.97 Å². The van der Waals surface area contributed by atoms with Gasteiger partial charge >= 0.3 is 5.69 Å². The zero-order valence-corrected chi connectivity index (χ0v) is 17.8. The average molecular weight is 425 g/mol. The lowest BCUT2D eigenvalue weighted by Gasteiger charge is -2.20. The molecule has 4 rings (SSSR count). The molecule has 7 heteroatoms. The van der Waals surface area contributed by atoms with Crippen molar-refractivity contribution >= 4 is 23.0 Å². The molecule has 7 nitrogen and oxygen atoms in total. The van der Waals surface area contributed by atoms with E-state index in [0.717, 1.165) is 27.9 Å². The lowest BCUT2D eigenvalue weighted by molar-refractivity contribution is -0.383. The van der Waals surface area contributed by atoms with E-state index in [9.17, 15) is 10.1 Å². The Bertz CT molecular complexity index is 1190. The van der Waals surface area contributed by atoms with Crippen molar-refractivity contribution in [2.24, 2.45) is 0 Å². The van der Waals surface area contributed by atoms with Gasteiger partial charge in [-0.15, -0.1) is 0 Å². The lowest BCUT2D eigenvalue weighted by Crippen LogP contribution is -2.15. The van der Waals surface area contributed by atoms with Crippen molar-refractivity contribution < 1.29 is 4.92 Å². The molecule has 0 aliphatic rings. The van der Waals surface area contributed by atoms with Crippen molar-refractivity contribution in [2.75, 3.05) is 10.6 Å². The van der Waals surface area contributed by atoms with Gasteiger partial charge in [0.25, 0.3) is 0 Å². The predicted molar refractivity (Wildman–Crippen MR) is 126 cm³/mol.